The molecule has 3 atom stereocenters. The van der Waals surface area contributed by atoms with Crippen molar-refractivity contribution in [2.24, 2.45) is 5.92 Å². The van der Waals surface area contributed by atoms with E-state index in [0.717, 1.165) is 12.1 Å². The molecule has 1 N–H and O–H groups in total. The summed E-state index contributed by atoms with van der Waals surface area (Å²) in [5.74, 6) is -1.67. The second kappa shape index (κ2) is 6.30. The van der Waals surface area contributed by atoms with Crippen molar-refractivity contribution >= 4 is 23.3 Å². The molecule has 27 heavy (non-hydrogen) atoms. The molecule has 2 aliphatic rings. The van der Waals surface area contributed by atoms with E-state index in [9.17, 15) is 23.1 Å². The minimum atomic E-state index is -4.43. The van der Waals surface area contributed by atoms with Crippen LogP contribution in [-0.4, -0.2) is 5.97 Å². The van der Waals surface area contributed by atoms with E-state index in [-0.39, 0.29) is 17.4 Å². The molecule has 3 nitrogen and oxygen atoms in total. The van der Waals surface area contributed by atoms with Crippen LogP contribution in [-0.2, 0) is 6.18 Å². The lowest BCUT2D eigenvalue weighted by Crippen LogP contribution is -2.33. The highest BCUT2D eigenvalue weighted by atomic mass is 35.5. The molecule has 2 aromatic carbocycles. The van der Waals surface area contributed by atoms with Crippen molar-refractivity contribution in [3.8, 4) is 0 Å². The number of rotatable bonds is 2. The van der Waals surface area contributed by atoms with Crippen LogP contribution < -0.4 is 10.4 Å². The zero-order valence-electron chi connectivity index (χ0n) is 13.9. The second-order valence-corrected chi connectivity index (χ2v) is 7.18. The van der Waals surface area contributed by atoms with E-state index in [2.05, 4.69) is 5.32 Å². The number of carboxylic acid groups (broad SMARTS) is 1. The highest BCUT2D eigenvalue weighted by molar-refractivity contribution is 6.33. The minimum absolute atomic E-state index is 0.0472. The zero-order valence-corrected chi connectivity index (χ0v) is 14.6. The van der Waals surface area contributed by atoms with Gasteiger partial charge in [-0.15, -0.1) is 0 Å². The number of hydrogen-bond acceptors (Lipinski definition) is 3. The molecule has 7 heteroatoms. The molecule has 0 aromatic heterocycles. The Bertz CT molecular complexity index is 955. The van der Waals surface area contributed by atoms with Gasteiger partial charge in [0.05, 0.1) is 28.3 Å². The first-order chi connectivity index (χ1) is 12.8. The molecule has 1 heterocycles. The summed E-state index contributed by atoms with van der Waals surface area (Å²) in [5, 5.41) is 15.1. The van der Waals surface area contributed by atoms with Crippen LogP contribution in [0.4, 0.5) is 18.9 Å². The van der Waals surface area contributed by atoms with Gasteiger partial charge in [-0.2, -0.15) is 13.2 Å². The maximum absolute atomic E-state index is 13.1. The lowest BCUT2D eigenvalue weighted by atomic mass is 9.75. The van der Waals surface area contributed by atoms with Crippen molar-refractivity contribution in [2.45, 2.75) is 24.6 Å². The first-order valence-corrected chi connectivity index (χ1v) is 8.79. The van der Waals surface area contributed by atoms with E-state index in [1.54, 1.807) is 6.07 Å². The largest absolute Gasteiger partial charge is 0.545 e. The van der Waals surface area contributed by atoms with E-state index in [1.165, 1.54) is 18.2 Å². The molecule has 140 valence electrons. The number of carboxylic acids is 1. The lowest BCUT2D eigenvalue weighted by molar-refractivity contribution is -0.255. The van der Waals surface area contributed by atoms with Crippen molar-refractivity contribution in [3.63, 3.8) is 0 Å². The first-order valence-electron chi connectivity index (χ1n) is 8.41. The molecule has 1 aliphatic carbocycles. The number of alkyl halides is 3. The molecule has 2 aromatic rings. The minimum Gasteiger partial charge on any atom is -0.545 e. The van der Waals surface area contributed by atoms with Gasteiger partial charge >= 0.3 is 6.18 Å². The number of fused-ring (bicyclic) bond motifs is 3. The Labute approximate surface area is 158 Å². The van der Waals surface area contributed by atoms with E-state index < -0.39 is 23.8 Å². The maximum atomic E-state index is 13.1. The Morgan fingerprint density at radius 3 is 2.70 bits per heavy atom. The van der Waals surface area contributed by atoms with Gasteiger partial charge in [-0.3, -0.25) is 0 Å². The highest BCUT2D eigenvalue weighted by Crippen LogP contribution is 2.52. The SMILES string of the molecule is O=C([O-])c1ccc(Cl)c2c1[C@@H]1C=CC[C@@H]1[C@@H](c1cccc(C(F)(F)F)c1)N2. The predicted molar refractivity (Wildman–Crippen MR) is 93.6 cm³/mol. The third-order valence-electron chi connectivity index (χ3n) is 5.26. The third-order valence-corrected chi connectivity index (χ3v) is 5.58. The van der Waals surface area contributed by atoms with E-state index in [1.807, 2.05) is 12.2 Å². The van der Waals surface area contributed by atoms with Gasteiger partial charge in [0.25, 0.3) is 0 Å². The van der Waals surface area contributed by atoms with Crippen LogP contribution in [0.15, 0.2) is 48.6 Å². The van der Waals surface area contributed by atoms with Crippen molar-refractivity contribution in [2.75, 3.05) is 5.32 Å². The van der Waals surface area contributed by atoms with Gasteiger partial charge < -0.3 is 15.2 Å². The van der Waals surface area contributed by atoms with Crippen LogP contribution >= 0.6 is 11.6 Å². The summed E-state index contributed by atoms with van der Waals surface area (Å²) in [6, 6.07) is 7.64. The molecule has 0 radical (unpaired) electrons. The summed E-state index contributed by atoms with van der Waals surface area (Å²) in [7, 11) is 0. The third kappa shape index (κ3) is 2.98. The van der Waals surface area contributed by atoms with Gasteiger partial charge in [0.2, 0.25) is 0 Å². The molecule has 0 saturated heterocycles. The van der Waals surface area contributed by atoms with Gasteiger partial charge in [0, 0.05) is 11.5 Å². The van der Waals surface area contributed by atoms with Crippen molar-refractivity contribution in [1.29, 1.82) is 0 Å². The fourth-order valence-electron chi connectivity index (χ4n) is 4.09. The van der Waals surface area contributed by atoms with Crippen molar-refractivity contribution in [3.05, 3.63) is 75.8 Å². The number of allylic oxidation sites excluding steroid dienone is 2. The number of carbonyl (C=O) groups is 1. The van der Waals surface area contributed by atoms with Gasteiger partial charge in [-0.05, 0) is 41.7 Å². The van der Waals surface area contributed by atoms with Crippen LogP contribution in [0.2, 0.25) is 5.02 Å². The van der Waals surface area contributed by atoms with Gasteiger partial charge in [0.15, 0.2) is 0 Å². The Hall–Kier alpha value is -2.47. The van der Waals surface area contributed by atoms with E-state index in [4.69, 9.17) is 11.6 Å². The maximum Gasteiger partial charge on any atom is 0.416 e. The molecule has 0 amide bonds. The molecule has 0 unspecified atom stereocenters. The van der Waals surface area contributed by atoms with Crippen LogP contribution in [0.5, 0.6) is 0 Å². The number of benzene rings is 2. The Morgan fingerprint density at radius 2 is 2.00 bits per heavy atom. The van der Waals surface area contributed by atoms with Crippen LogP contribution in [0, 0.1) is 5.92 Å². The number of halogens is 4. The summed E-state index contributed by atoms with van der Waals surface area (Å²) in [6.07, 6.45) is 0.00707. The fourth-order valence-corrected chi connectivity index (χ4v) is 4.31. The lowest BCUT2D eigenvalue weighted by Gasteiger charge is -2.39. The Morgan fingerprint density at radius 1 is 1.22 bits per heavy atom. The molecule has 0 spiro atoms. The topological polar surface area (TPSA) is 52.2 Å². The first kappa shape index (κ1) is 17.9. The van der Waals surface area contributed by atoms with Crippen LogP contribution in [0.1, 0.15) is 45.4 Å². The van der Waals surface area contributed by atoms with Crippen LogP contribution in [0.3, 0.4) is 0 Å². The Balaban J connectivity index is 1.84. The van der Waals surface area contributed by atoms with Crippen LogP contribution in [0.25, 0.3) is 0 Å². The monoisotopic (exact) mass is 392 g/mol. The number of nitrogens with one attached hydrogen (secondary N) is 1. The summed E-state index contributed by atoms with van der Waals surface area (Å²) >= 11 is 6.29. The number of carbonyl (C=O) groups excluding carboxylic acids is 1. The Kier molecular flexibility index (Phi) is 4.18. The average molecular weight is 393 g/mol. The van der Waals surface area contributed by atoms with Crippen molar-refractivity contribution < 1.29 is 23.1 Å². The molecule has 1 aliphatic heterocycles. The standard InChI is InChI=1S/C20H15ClF3NO2/c21-15-8-7-14(19(26)27)16-12-5-2-6-13(12)17(25-18(15)16)10-3-1-4-11(9-10)20(22,23)24/h1-5,7-9,12-13,17,25H,6H2,(H,26,27)/p-1/t12-,13+,17-/m1/s1. The summed E-state index contributed by atoms with van der Waals surface area (Å²) < 4.78 is 39.4. The second-order valence-electron chi connectivity index (χ2n) is 6.77. The van der Waals surface area contributed by atoms with Gasteiger partial charge in [-0.1, -0.05) is 42.0 Å². The van der Waals surface area contributed by atoms with E-state index >= 15 is 0 Å². The fraction of sp³-hybridized carbons (Fsp3) is 0.250. The summed E-state index contributed by atoms with van der Waals surface area (Å²) in [4.78, 5) is 11.5. The number of anilines is 1. The molecule has 0 fully saturated rings. The van der Waals surface area contributed by atoms with E-state index in [0.29, 0.717) is 28.3 Å². The quantitative estimate of drug-likeness (QED) is 0.763. The van der Waals surface area contributed by atoms with Gasteiger partial charge in [-0.25, -0.2) is 0 Å². The average Bonchev–Trinajstić information content (AvgIpc) is 3.10. The normalized spacial score (nSPS) is 23.5. The molecule has 0 saturated carbocycles. The highest BCUT2D eigenvalue weighted by Gasteiger charge is 2.41. The molecule has 4 rings (SSSR count). The smallest absolute Gasteiger partial charge is 0.416 e. The van der Waals surface area contributed by atoms with Gasteiger partial charge in [0.1, 0.15) is 0 Å². The molecular formula is C20H14ClF3NO2-. The molecular weight excluding hydrogens is 379 g/mol. The predicted octanol–water partition coefficient (Wildman–Crippen LogP) is 4.55. The number of aromatic carboxylic acids is 1. The number of hydrogen-bond donors (Lipinski definition) is 1. The molecule has 0 bridgehead atoms. The summed E-state index contributed by atoms with van der Waals surface area (Å²) in [5.41, 5.74) is 0.790. The van der Waals surface area contributed by atoms with Crippen molar-refractivity contribution in [1.82, 2.24) is 0 Å². The summed E-state index contributed by atoms with van der Waals surface area (Å²) in [6.45, 7) is 0. The zero-order chi connectivity index (χ0) is 19.3.